The first-order chi connectivity index (χ1) is 13.0. The van der Waals surface area contributed by atoms with E-state index in [1.807, 2.05) is 26.0 Å². The number of pyridine rings is 2. The molecule has 0 spiro atoms. The molecule has 0 unspecified atom stereocenters. The summed E-state index contributed by atoms with van der Waals surface area (Å²) in [5, 5.41) is 3.31. The van der Waals surface area contributed by atoms with Crippen LogP contribution < -0.4 is 21.3 Å². The van der Waals surface area contributed by atoms with Gasteiger partial charge in [-0.25, -0.2) is 0 Å². The van der Waals surface area contributed by atoms with Crippen molar-refractivity contribution in [2.24, 2.45) is 0 Å². The summed E-state index contributed by atoms with van der Waals surface area (Å²) in [5.41, 5.74) is 8.83. The Morgan fingerprint density at radius 2 is 2.07 bits per heavy atom. The lowest BCUT2D eigenvalue weighted by atomic mass is 9.98. The number of nitrogens with one attached hydrogen (secondary N) is 2. The Balaban J connectivity index is 2.25. The summed E-state index contributed by atoms with van der Waals surface area (Å²) in [4.78, 5) is 32.0. The number of fused-ring (bicyclic) bond motifs is 1. The molecule has 4 N–H and O–H groups in total. The number of hydrogen-bond donors (Lipinski definition) is 3. The first-order valence-corrected chi connectivity index (χ1v) is 8.71. The van der Waals surface area contributed by atoms with Gasteiger partial charge in [0.1, 0.15) is 11.3 Å². The SMILES string of the molecule is CCCNC(=O)c1c(N)c2cccc(-c3cncc(OC)c3C)c2[nH]c1=O. The predicted molar refractivity (Wildman–Crippen MR) is 106 cm³/mol. The second-order valence-corrected chi connectivity index (χ2v) is 6.24. The molecule has 3 aromatic rings. The van der Waals surface area contributed by atoms with Crippen molar-refractivity contribution in [3.8, 4) is 16.9 Å². The van der Waals surface area contributed by atoms with Crippen LogP contribution in [0.15, 0.2) is 35.4 Å². The fourth-order valence-electron chi connectivity index (χ4n) is 3.10. The van der Waals surface area contributed by atoms with Gasteiger partial charge >= 0.3 is 0 Å². The van der Waals surface area contributed by atoms with E-state index in [4.69, 9.17) is 10.5 Å². The zero-order valence-corrected chi connectivity index (χ0v) is 15.6. The highest BCUT2D eigenvalue weighted by molar-refractivity contribution is 6.09. The van der Waals surface area contributed by atoms with Crippen LogP contribution >= 0.6 is 0 Å². The number of methoxy groups -OCH3 is 1. The molecule has 0 aliphatic carbocycles. The molecule has 3 rings (SSSR count). The van der Waals surface area contributed by atoms with E-state index >= 15 is 0 Å². The highest BCUT2D eigenvalue weighted by Crippen LogP contribution is 2.34. The molecule has 2 aromatic heterocycles. The molecule has 0 bridgehead atoms. The van der Waals surface area contributed by atoms with Crippen molar-refractivity contribution in [2.75, 3.05) is 19.4 Å². The summed E-state index contributed by atoms with van der Waals surface area (Å²) in [6, 6.07) is 5.49. The number of rotatable bonds is 5. The number of para-hydroxylation sites is 1. The van der Waals surface area contributed by atoms with Crippen LogP contribution in [0, 0.1) is 6.92 Å². The van der Waals surface area contributed by atoms with E-state index in [0.29, 0.717) is 23.2 Å². The van der Waals surface area contributed by atoms with Crippen molar-refractivity contribution in [1.29, 1.82) is 0 Å². The third kappa shape index (κ3) is 3.23. The molecule has 7 nitrogen and oxygen atoms in total. The number of nitrogen functional groups attached to an aromatic ring is 1. The van der Waals surface area contributed by atoms with Gasteiger partial charge in [-0.15, -0.1) is 0 Å². The number of aromatic amines is 1. The van der Waals surface area contributed by atoms with Gasteiger partial charge in [-0.05, 0) is 13.3 Å². The van der Waals surface area contributed by atoms with Crippen molar-refractivity contribution in [2.45, 2.75) is 20.3 Å². The van der Waals surface area contributed by atoms with Gasteiger partial charge in [0.2, 0.25) is 0 Å². The molecule has 140 valence electrons. The summed E-state index contributed by atoms with van der Waals surface area (Å²) < 4.78 is 5.34. The van der Waals surface area contributed by atoms with Crippen LogP contribution in [-0.2, 0) is 0 Å². The smallest absolute Gasteiger partial charge is 0.263 e. The zero-order valence-electron chi connectivity index (χ0n) is 15.6. The van der Waals surface area contributed by atoms with Crippen LogP contribution in [-0.4, -0.2) is 29.5 Å². The molecule has 1 amide bonds. The number of carbonyl (C=O) groups is 1. The Labute approximate surface area is 156 Å². The van der Waals surface area contributed by atoms with Crippen LogP contribution in [0.1, 0.15) is 29.3 Å². The topological polar surface area (TPSA) is 110 Å². The lowest BCUT2D eigenvalue weighted by Crippen LogP contribution is -2.31. The summed E-state index contributed by atoms with van der Waals surface area (Å²) in [7, 11) is 1.58. The summed E-state index contributed by atoms with van der Waals surface area (Å²) >= 11 is 0. The highest BCUT2D eigenvalue weighted by Gasteiger charge is 2.19. The predicted octanol–water partition coefficient (Wildman–Crippen LogP) is 2.63. The summed E-state index contributed by atoms with van der Waals surface area (Å²) in [5.74, 6) is 0.178. The number of amides is 1. The molecule has 0 atom stereocenters. The Morgan fingerprint density at radius 3 is 2.78 bits per heavy atom. The number of benzene rings is 1. The van der Waals surface area contributed by atoms with Crippen LogP contribution in [0.25, 0.3) is 22.0 Å². The number of hydrogen-bond acceptors (Lipinski definition) is 5. The van der Waals surface area contributed by atoms with Crippen LogP contribution in [0.4, 0.5) is 5.69 Å². The Hall–Kier alpha value is -3.35. The first-order valence-electron chi connectivity index (χ1n) is 8.71. The Kier molecular flexibility index (Phi) is 5.12. The van der Waals surface area contributed by atoms with Gasteiger partial charge in [0.15, 0.2) is 0 Å². The van der Waals surface area contributed by atoms with E-state index in [1.54, 1.807) is 25.6 Å². The second-order valence-electron chi connectivity index (χ2n) is 6.24. The molecular weight excluding hydrogens is 344 g/mol. The number of nitrogens with zero attached hydrogens (tertiary/aromatic N) is 1. The minimum atomic E-state index is -0.519. The molecule has 0 fully saturated rings. The molecule has 27 heavy (non-hydrogen) atoms. The molecule has 0 saturated heterocycles. The third-order valence-corrected chi connectivity index (χ3v) is 4.53. The normalized spacial score (nSPS) is 10.8. The van der Waals surface area contributed by atoms with Gasteiger partial charge in [-0.3, -0.25) is 14.6 Å². The summed E-state index contributed by atoms with van der Waals surface area (Å²) in [6.07, 6.45) is 4.11. The fraction of sp³-hybridized carbons (Fsp3) is 0.250. The van der Waals surface area contributed by atoms with E-state index in [1.165, 1.54) is 0 Å². The maximum Gasteiger partial charge on any atom is 0.263 e. The standard InChI is InChI=1S/C20H22N4O3/c1-4-8-23-19(25)16-17(21)13-7-5-6-12(18(13)24-20(16)26)14-9-22-10-15(27-3)11(14)2/h5-7,9-10H,4,8H2,1-3H3,(H,23,25)(H3,21,24,26). The maximum atomic E-state index is 12.6. The van der Waals surface area contributed by atoms with Crippen molar-refractivity contribution in [1.82, 2.24) is 15.3 Å². The average Bonchev–Trinajstić information content (AvgIpc) is 2.66. The minimum Gasteiger partial charge on any atom is -0.495 e. The number of H-pyrrole nitrogens is 1. The molecule has 1 aromatic carbocycles. The van der Waals surface area contributed by atoms with E-state index < -0.39 is 11.5 Å². The van der Waals surface area contributed by atoms with Crippen molar-refractivity contribution < 1.29 is 9.53 Å². The first kappa shape index (κ1) is 18.4. The summed E-state index contributed by atoms with van der Waals surface area (Å²) in [6.45, 7) is 4.33. The lowest BCUT2D eigenvalue weighted by molar-refractivity contribution is 0.0953. The molecule has 7 heteroatoms. The van der Waals surface area contributed by atoms with Crippen molar-refractivity contribution >= 4 is 22.5 Å². The van der Waals surface area contributed by atoms with Crippen molar-refractivity contribution in [3.05, 3.63) is 52.1 Å². The molecule has 2 heterocycles. The Morgan fingerprint density at radius 1 is 1.30 bits per heavy atom. The number of aromatic nitrogens is 2. The van der Waals surface area contributed by atoms with Gasteiger partial charge in [-0.1, -0.05) is 25.1 Å². The fourth-order valence-corrected chi connectivity index (χ4v) is 3.10. The van der Waals surface area contributed by atoms with Crippen LogP contribution in [0.5, 0.6) is 5.75 Å². The van der Waals surface area contributed by atoms with Gasteiger partial charge < -0.3 is 20.8 Å². The van der Waals surface area contributed by atoms with Crippen molar-refractivity contribution in [3.63, 3.8) is 0 Å². The monoisotopic (exact) mass is 366 g/mol. The van der Waals surface area contributed by atoms with E-state index in [2.05, 4.69) is 15.3 Å². The van der Waals surface area contributed by atoms with Crippen LogP contribution in [0.3, 0.4) is 0 Å². The largest absolute Gasteiger partial charge is 0.495 e. The van der Waals surface area contributed by atoms with E-state index in [0.717, 1.165) is 23.1 Å². The molecule has 0 aliphatic rings. The van der Waals surface area contributed by atoms with Gasteiger partial charge in [0.05, 0.1) is 24.5 Å². The Bertz CT molecular complexity index is 1070. The molecular formula is C20H22N4O3. The zero-order chi connectivity index (χ0) is 19.6. The van der Waals surface area contributed by atoms with Gasteiger partial charge in [-0.2, -0.15) is 0 Å². The molecule has 0 aliphatic heterocycles. The second kappa shape index (κ2) is 7.49. The van der Waals surface area contributed by atoms with E-state index in [9.17, 15) is 9.59 Å². The van der Waals surface area contributed by atoms with Gasteiger partial charge in [0.25, 0.3) is 11.5 Å². The number of carbonyl (C=O) groups excluding carboxylic acids is 1. The minimum absolute atomic E-state index is 0.0615. The number of ether oxygens (including phenoxy) is 1. The quantitative estimate of drug-likeness (QED) is 0.643. The molecule has 0 radical (unpaired) electrons. The highest BCUT2D eigenvalue weighted by atomic mass is 16.5. The van der Waals surface area contributed by atoms with Gasteiger partial charge in [0, 0.05) is 34.8 Å². The lowest BCUT2D eigenvalue weighted by Gasteiger charge is -2.14. The maximum absolute atomic E-state index is 12.6. The number of nitrogens with two attached hydrogens (primary N) is 1. The molecule has 0 saturated carbocycles. The number of anilines is 1. The average molecular weight is 366 g/mol. The van der Waals surface area contributed by atoms with Crippen LogP contribution in [0.2, 0.25) is 0 Å². The third-order valence-electron chi connectivity index (χ3n) is 4.53. The van der Waals surface area contributed by atoms with E-state index in [-0.39, 0.29) is 11.3 Å².